The summed E-state index contributed by atoms with van der Waals surface area (Å²) in [7, 11) is 0. The molecule has 1 aromatic heterocycles. The molecule has 0 aliphatic rings. The predicted molar refractivity (Wildman–Crippen MR) is 99.0 cm³/mol. The van der Waals surface area contributed by atoms with Crippen LogP contribution in [0.3, 0.4) is 0 Å². The summed E-state index contributed by atoms with van der Waals surface area (Å²) in [6, 6.07) is 8.93. The molecular formula is C18H17ClFN5O2. The molecule has 0 radical (unpaired) electrons. The Morgan fingerprint density at radius 2 is 2.04 bits per heavy atom. The highest BCUT2D eigenvalue weighted by atomic mass is 35.5. The maximum absolute atomic E-state index is 14.2. The van der Waals surface area contributed by atoms with Crippen LogP contribution in [0, 0.1) is 12.7 Å². The van der Waals surface area contributed by atoms with Gasteiger partial charge in [-0.1, -0.05) is 11.6 Å². The number of anilines is 1. The number of hydrogen-bond acceptors (Lipinski definition) is 5. The van der Waals surface area contributed by atoms with Crippen LogP contribution >= 0.6 is 11.6 Å². The van der Waals surface area contributed by atoms with Gasteiger partial charge in [0, 0.05) is 10.7 Å². The van der Waals surface area contributed by atoms with E-state index in [4.69, 9.17) is 16.3 Å². The average molecular weight is 390 g/mol. The van der Waals surface area contributed by atoms with E-state index in [1.165, 1.54) is 28.9 Å². The quantitative estimate of drug-likeness (QED) is 0.717. The van der Waals surface area contributed by atoms with Crippen LogP contribution in [0.1, 0.15) is 30.0 Å². The van der Waals surface area contributed by atoms with Gasteiger partial charge in [0.2, 0.25) is 0 Å². The van der Waals surface area contributed by atoms with Gasteiger partial charge < -0.3 is 10.1 Å². The van der Waals surface area contributed by atoms with Crippen LogP contribution in [-0.2, 0) is 0 Å². The Hall–Kier alpha value is -3.00. The van der Waals surface area contributed by atoms with Crippen molar-refractivity contribution in [2.75, 3.05) is 5.32 Å². The van der Waals surface area contributed by atoms with Crippen molar-refractivity contribution in [1.82, 2.24) is 20.2 Å². The Labute approximate surface area is 160 Å². The van der Waals surface area contributed by atoms with Crippen molar-refractivity contribution in [1.29, 1.82) is 0 Å². The van der Waals surface area contributed by atoms with E-state index in [0.29, 0.717) is 22.3 Å². The number of benzene rings is 2. The second-order valence-corrected chi connectivity index (χ2v) is 6.50. The standard InChI is InChI=1S/C18H17ClFN5O2/c1-10(2)27-17-7-4-12(19)8-14(17)18(26)21-13-5-6-15(20)16(9-13)25-11(3)22-23-24-25/h4-10H,1-3H3,(H,21,26). The average Bonchev–Trinajstić information content (AvgIpc) is 3.03. The minimum absolute atomic E-state index is 0.113. The van der Waals surface area contributed by atoms with Crippen LogP contribution in [0.4, 0.5) is 10.1 Å². The Kier molecular flexibility index (Phi) is 5.36. The van der Waals surface area contributed by atoms with E-state index in [1.54, 1.807) is 19.1 Å². The maximum Gasteiger partial charge on any atom is 0.259 e. The topological polar surface area (TPSA) is 81.9 Å². The predicted octanol–water partition coefficient (Wildman–Crippen LogP) is 3.80. The van der Waals surface area contributed by atoms with E-state index < -0.39 is 11.7 Å². The van der Waals surface area contributed by atoms with Gasteiger partial charge >= 0.3 is 0 Å². The fourth-order valence-corrected chi connectivity index (χ4v) is 2.61. The maximum atomic E-state index is 14.2. The second kappa shape index (κ2) is 7.71. The lowest BCUT2D eigenvalue weighted by Gasteiger charge is -2.15. The zero-order chi connectivity index (χ0) is 19.6. The molecule has 140 valence electrons. The molecule has 0 saturated carbocycles. The molecule has 1 N–H and O–H groups in total. The first-order valence-corrected chi connectivity index (χ1v) is 8.55. The molecule has 0 spiro atoms. The molecule has 7 nitrogen and oxygen atoms in total. The van der Waals surface area contributed by atoms with Crippen molar-refractivity contribution in [2.45, 2.75) is 26.9 Å². The van der Waals surface area contributed by atoms with E-state index in [2.05, 4.69) is 20.8 Å². The molecule has 3 rings (SSSR count). The van der Waals surface area contributed by atoms with Crippen molar-refractivity contribution < 1.29 is 13.9 Å². The van der Waals surface area contributed by atoms with Crippen LogP contribution in [0.25, 0.3) is 5.69 Å². The number of carbonyl (C=O) groups excluding carboxylic acids is 1. The summed E-state index contributed by atoms with van der Waals surface area (Å²) in [4.78, 5) is 12.7. The van der Waals surface area contributed by atoms with Gasteiger partial charge in [0.25, 0.3) is 5.91 Å². The molecule has 2 aromatic carbocycles. The Morgan fingerprint density at radius 3 is 2.70 bits per heavy atom. The third-order valence-electron chi connectivity index (χ3n) is 3.61. The fourth-order valence-electron chi connectivity index (χ4n) is 2.44. The number of carbonyl (C=O) groups is 1. The molecule has 0 bridgehead atoms. The molecule has 3 aromatic rings. The van der Waals surface area contributed by atoms with Gasteiger partial charge in [-0.25, -0.2) is 4.39 Å². The van der Waals surface area contributed by atoms with Crippen molar-refractivity contribution in [3.63, 3.8) is 0 Å². The summed E-state index contributed by atoms with van der Waals surface area (Å²) in [5.41, 5.74) is 0.780. The van der Waals surface area contributed by atoms with E-state index in [0.717, 1.165) is 0 Å². The molecule has 1 amide bonds. The molecule has 9 heteroatoms. The summed E-state index contributed by atoms with van der Waals surface area (Å²) in [6.45, 7) is 5.36. The summed E-state index contributed by atoms with van der Waals surface area (Å²) in [5.74, 6) is -0.125. The first kappa shape index (κ1) is 18.8. The Bertz CT molecular complexity index is 990. The minimum Gasteiger partial charge on any atom is -0.490 e. The largest absolute Gasteiger partial charge is 0.490 e. The molecule has 0 aliphatic heterocycles. The molecule has 0 aliphatic carbocycles. The molecule has 0 atom stereocenters. The summed E-state index contributed by atoms with van der Waals surface area (Å²) in [5, 5.41) is 14.1. The first-order chi connectivity index (χ1) is 12.8. The van der Waals surface area contributed by atoms with Gasteiger partial charge in [-0.2, -0.15) is 4.68 Å². The van der Waals surface area contributed by atoms with E-state index in [-0.39, 0.29) is 17.4 Å². The Morgan fingerprint density at radius 1 is 1.26 bits per heavy atom. The number of nitrogens with zero attached hydrogens (tertiary/aromatic N) is 4. The van der Waals surface area contributed by atoms with Crippen molar-refractivity contribution in [3.8, 4) is 11.4 Å². The molecule has 0 fully saturated rings. The van der Waals surface area contributed by atoms with E-state index in [1.807, 2.05) is 13.8 Å². The van der Waals surface area contributed by atoms with E-state index >= 15 is 0 Å². The van der Waals surface area contributed by atoms with Gasteiger partial charge in [-0.15, -0.1) is 5.10 Å². The molecule has 1 heterocycles. The summed E-state index contributed by atoms with van der Waals surface area (Å²) < 4.78 is 21.1. The lowest BCUT2D eigenvalue weighted by molar-refractivity contribution is 0.102. The number of rotatable bonds is 5. The smallest absolute Gasteiger partial charge is 0.259 e. The van der Waals surface area contributed by atoms with Gasteiger partial charge in [-0.3, -0.25) is 4.79 Å². The zero-order valence-corrected chi connectivity index (χ0v) is 15.7. The van der Waals surface area contributed by atoms with Crippen LogP contribution in [0.15, 0.2) is 36.4 Å². The van der Waals surface area contributed by atoms with Gasteiger partial charge in [0.05, 0.1) is 11.7 Å². The van der Waals surface area contributed by atoms with Crippen LogP contribution in [0.2, 0.25) is 5.02 Å². The van der Waals surface area contributed by atoms with Gasteiger partial charge in [-0.05, 0) is 67.6 Å². The van der Waals surface area contributed by atoms with Crippen molar-refractivity contribution in [2.24, 2.45) is 0 Å². The van der Waals surface area contributed by atoms with Crippen LogP contribution in [-0.4, -0.2) is 32.2 Å². The number of ether oxygens (including phenoxy) is 1. The number of hydrogen-bond donors (Lipinski definition) is 1. The monoisotopic (exact) mass is 389 g/mol. The normalized spacial score (nSPS) is 10.9. The number of tetrazole rings is 1. The third-order valence-corrected chi connectivity index (χ3v) is 3.84. The zero-order valence-electron chi connectivity index (χ0n) is 14.9. The molecule has 0 unspecified atom stereocenters. The fraction of sp³-hybridized carbons (Fsp3) is 0.222. The Balaban J connectivity index is 1.91. The van der Waals surface area contributed by atoms with E-state index in [9.17, 15) is 9.18 Å². The number of halogens is 2. The number of aromatic nitrogens is 4. The highest BCUT2D eigenvalue weighted by molar-refractivity contribution is 6.31. The van der Waals surface area contributed by atoms with Crippen LogP contribution < -0.4 is 10.1 Å². The highest BCUT2D eigenvalue weighted by Crippen LogP contribution is 2.26. The third kappa shape index (κ3) is 4.22. The first-order valence-electron chi connectivity index (χ1n) is 8.17. The van der Waals surface area contributed by atoms with Crippen molar-refractivity contribution >= 4 is 23.2 Å². The lowest BCUT2D eigenvalue weighted by atomic mass is 10.1. The van der Waals surface area contributed by atoms with Gasteiger partial charge in [0.15, 0.2) is 5.82 Å². The molecule has 0 saturated heterocycles. The van der Waals surface area contributed by atoms with Gasteiger partial charge in [0.1, 0.15) is 17.3 Å². The summed E-state index contributed by atoms with van der Waals surface area (Å²) >= 11 is 6.02. The van der Waals surface area contributed by atoms with Crippen LogP contribution in [0.5, 0.6) is 5.75 Å². The number of aryl methyl sites for hydroxylation is 1. The van der Waals surface area contributed by atoms with Crippen molar-refractivity contribution in [3.05, 3.63) is 58.6 Å². The molecular weight excluding hydrogens is 373 g/mol. The number of nitrogens with one attached hydrogen (secondary N) is 1. The SMILES string of the molecule is Cc1nnnn1-c1cc(NC(=O)c2cc(Cl)ccc2OC(C)C)ccc1F. The molecule has 27 heavy (non-hydrogen) atoms. The highest BCUT2D eigenvalue weighted by Gasteiger charge is 2.16. The minimum atomic E-state index is -0.519. The lowest BCUT2D eigenvalue weighted by Crippen LogP contribution is -2.16. The second-order valence-electron chi connectivity index (χ2n) is 6.07. The summed E-state index contributed by atoms with van der Waals surface area (Å²) in [6.07, 6.45) is -0.113. The number of amides is 1.